The molecule has 0 aliphatic carbocycles. The summed E-state index contributed by atoms with van der Waals surface area (Å²) < 4.78 is 5.09. The van der Waals surface area contributed by atoms with Gasteiger partial charge in [0.25, 0.3) is 0 Å². The van der Waals surface area contributed by atoms with Gasteiger partial charge in [0.2, 0.25) is 0 Å². The lowest BCUT2D eigenvalue weighted by molar-refractivity contribution is 0.184. The minimum Gasteiger partial charge on any atom is -0.507 e. The van der Waals surface area contributed by atoms with Crippen molar-refractivity contribution < 1.29 is 15.1 Å². The summed E-state index contributed by atoms with van der Waals surface area (Å²) in [6, 6.07) is 6.66. The van der Waals surface area contributed by atoms with E-state index in [4.69, 9.17) is 9.94 Å². The van der Waals surface area contributed by atoms with E-state index in [9.17, 15) is 5.11 Å². The lowest BCUT2D eigenvalue weighted by atomic mass is 10.1. The molecule has 14 heavy (non-hydrogen) atoms. The van der Waals surface area contributed by atoms with Crippen LogP contribution < -0.4 is 0 Å². The maximum Gasteiger partial charge on any atom is 0.124 e. The molecule has 0 aromatic heterocycles. The highest BCUT2D eigenvalue weighted by Crippen LogP contribution is 2.16. The molecule has 1 aromatic carbocycles. The van der Waals surface area contributed by atoms with Crippen molar-refractivity contribution in [1.82, 2.24) is 0 Å². The monoisotopic (exact) mass is 195 g/mol. The van der Waals surface area contributed by atoms with E-state index < -0.39 is 0 Å². The first-order valence-electron chi connectivity index (χ1n) is 4.36. The molecule has 0 spiro atoms. The Kier molecular flexibility index (Phi) is 3.94. The van der Waals surface area contributed by atoms with E-state index in [1.165, 1.54) is 6.07 Å². The van der Waals surface area contributed by atoms with Gasteiger partial charge in [0.1, 0.15) is 11.5 Å². The van der Waals surface area contributed by atoms with E-state index in [1.807, 2.05) is 6.92 Å². The lowest BCUT2D eigenvalue weighted by Crippen LogP contribution is -2.10. The maximum atomic E-state index is 9.46. The van der Waals surface area contributed by atoms with Gasteiger partial charge in [-0.2, -0.15) is 0 Å². The topological polar surface area (TPSA) is 62.0 Å². The number of para-hydroxylation sites is 1. The van der Waals surface area contributed by atoms with Crippen LogP contribution in [0.3, 0.4) is 0 Å². The van der Waals surface area contributed by atoms with E-state index in [2.05, 4.69) is 5.16 Å². The number of ether oxygens (including phenoxy) is 1. The fourth-order valence-corrected chi connectivity index (χ4v) is 1.08. The predicted molar refractivity (Wildman–Crippen MR) is 52.9 cm³/mol. The number of oxime groups is 1. The molecule has 0 unspecified atom stereocenters. The van der Waals surface area contributed by atoms with Gasteiger partial charge in [-0.3, -0.25) is 0 Å². The van der Waals surface area contributed by atoms with Crippen LogP contribution in [0.5, 0.6) is 5.75 Å². The van der Waals surface area contributed by atoms with Crippen LogP contribution in [0.4, 0.5) is 0 Å². The van der Waals surface area contributed by atoms with Crippen LogP contribution in [-0.4, -0.2) is 29.2 Å². The third-order valence-corrected chi connectivity index (χ3v) is 1.78. The minimum atomic E-state index is 0.0833. The van der Waals surface area contributed by atoms with Crippen molar-refractivity contribution in [3.8, 4) is 5.75 Å². The second-order valence-electron chi connectivity index (χ2n) is 2.70. The summed E-state index contributed by atoms with van der Waals surface area (Å²) in [5, 5.41) is 21.3. The summed E-state index contributed by atoms with van der Waals surface area (Å²) in [6.07, 6.45) is 0. The number of hydrogen-bond acceptors (Lipinski definition) is 4. The summed E-state index contributed by atoms with van der Waals surface area (Å²) >= 11 is 0. The summed E-state index contributed by atoms with van der Waals surface area (Å²) in [5.41, 5.74) is 0.813. The largest absolute Gasteiger partial charge is 0.507 e. The van der Waals surface area contributed by atoms with Crippen LogP contribution in [-0.2, 0) is 4.74 Å². The molecule has 0 saturated heterocycles. The molecule has 0 aliphatic rings. The number of phenols is 1. The predicted octanol–water partition coefficient (Wildman–Crippen LogP) is 1.61. The van der Waals surface area contributed by atoms with Gasteiger partial charge >= 0.3 is 0 Å². The van der Waals surface area contributed by atoms with Crippen molar-refractivity contribution >= 4 is 5.71 Å². The first-order valence-corrected chi connectivity index (χ1v) is 4.36. The lowest BCUT2D eigenvalue weighted by Gasteiger charge is -2.06. The zero-order chi connectivity index (χ0) is 10.4. The van der Waals surface area contributed by atoms with Crippen LogP contribution in [0.1, 0.15) is 12.5 Å². The maximum absolute atomic E-state index is 9.46. The van der Waals surface area contributed by atoms with E-state index in [0.717, 1.165) is 0 Å². The van der Waals surface area contributed by atoms with Crippen LogP contribution in [0, 0.1) is 0 Å². The Balaban J connectivity index is 2.85. The van der Waals surface area contributed by atoms with Gasteiger partial charge in [-0.1, -0.05) is 17.3 Å². The Hall–Kier alpha value is -1.55. The fourth-order valence-electron chi connectivity index (χ4n) is 1.08. The average Bonchev–Trinajstić information content (AvgIpc) is 2.21. The van der Waals surface area contributed by atoms with Gasteiger partial charge in [-0.05, 0) is 19.1 Å². The quantitative estimate of drug-likeness (QED) is 0.436. The molecular formula is C10H13NO3. The molecule has 4 heteroatoms. The van der Waals surface area contributed by atoms with Crippen molar-refractivity contribution in [2.24, 2.45) is 5.16 Å². The van der Waals surface area contributed by atoms with Crippen molar-refractivity contribution in [1.29, 1.82) is 0 Å². The third kappa shape index (κ3) is 2.47. The van der Waals surface area contributed by atoms with Crippen molar-refractivity contribution in [2.75, 3.05) is 13.2 Å². The van der Waals surface area contributed by atoms with Crippen molar-refractivity contribution in [3.05, 3.63) is 29.8 Å². The molecule has 0 heterocycles. The fraction of sp³-hybridized carbons (Fsp3) is 0.300. The summed E-state index contributed by atoms with van der Waals surface area (Å²) in [4.78, 5) is 0. The molecule has 0 fully saturated rings. The molecule has 1 rings (SSSR count). The zero-order valence-electron chi connectivity index (χ0n) is 7.97. The Morgan fingerprint density at radius 3 is 2.71 bits per heavy atom. The normalized spacial score (nSPS) is 11.6. The van der Waals surface area contributed by atoms with E-state index in [-0.39, 0.29) is 12.4 Å². The van der Waals surface area contributed by atoms with Gasteiger partial charge in [-0.15, -0.1) is 0 Å². The third-order valence-electron chi connectivity index (χ3n) is 1.78. The average molecular weight is 195 g/mol. The number of hydrogen-bond donors (Lipinski definition) is 2. The van der Waals surface area contributed by atoms with Crippen LogP contribution in [0.15, 0.2) is 29.4 Å². The summed E-state index contributed by atoms with van der Waals surface area (Å²) in [6.45, 7) is 2.57. The molecule has 0 atom stereocenters. The van der Waals surface area contributed by atoms with Crippen LogP contribution in [0.2, 0.25) is 0 Å². The van der Waals surface area contributed by atoms with Gasteiger partial charge in [0, 0.05) is 12.2 Å². The number of aromatic hydroxyl groups is 1. The molecule has 2 N–H and O–H groups in total. The molecular weight excluding hydrogens is 182 g/mol. The molecule has 76 valence electrons. The minimum absolute atomic E-state index is 0.0833. The van der Waals surface area contributed by atoms with E-state index >= 15 is 0 Å². The standard InChI is InChI=1S/C10H13NO3/c1-2-14-7-9(11-13)8-5-3-4-6-10(8)12/h3-6,12-13H,2,7H2,1H3. The number of phenolic OH excluding ortho intramolecular Hbond substituents is 1. The van der Waals surface area contributed by atoms with Crippen molar-refractivity contribution in [2.45, 2.75) is 6.92 Å². The Morgan fingerprint density at radius 2 is 2.14 bits per heavy atom. The molecule has 0 aliphatic heterocycles. The van der Waals surface area contributed by atoms with Crippen LogP contribution >= 0.6 is 0 Å². The molecule has 0 saturated carbocycles. The second kappa shape index (κ2) is 5.24. The highest BCUT2D eigenvalue weighted by Gasteiger charge is 2.08. The van der Waals surface area contributed by atoms with Gasteiger partial charge in [-0.25, -0.2) is 0 Å². The highest BCUT2D eigenvalue weighted by atomic mass is 16.5. The van der Waals surface area contributed by atoms with E-state index in [1.54, 1.807) is 18.2 Å². The van der Waals surface area contributed by atoms with Crippen LogP contribution in [0.25, 0.3) is 0 Å². The zero-order valence-corrected chi connectivity index (χ0v) is 7.97. The Labute approximate surface area is 82.4 Å². The van der Waals surface area contributed by atoms with Gasteiger partial charge in [0.05, 0.1) is 6.61 Å². The van der Waals surface area contributed by atoms with Gasteiger partial charge in [0.15, 0.2) is 0 Å². The smallest absolute Gasteiger partial charge is 0.124 e. The Bertz CT molecular complexity index is 323. The summed E-state index contributed by atoms with van der Waals surface area (Å²) in [7, 11) is 0. The summed E-state index contributed by atoms with van der Waals surface area (Å²) in [5.74, 6) is 0.0833. The SMILES string of the molecule is CCOCC(=NO)c1ccccc1O. The molecule has 0 amide bonds. The molecule has 0 radical (unpaired) electrons. The molecule has 4 nitrogen and oxygen atoms in total. The van der Waals surface area contributed by atoms with Gasteiger partial charge < -0.3 is 15.1 Å². The molecule has 0 bridgehead atoms. The highest BCUT2D eigenvalue weighted by molar-refractivity contribution is 6.03. The molecule has 1 aromatic rings. The number of benzene rings is 1. The first kappa shape index (κ1) is 10.5. The van der Waals surface area contributed by atoms with Crippen molar-refractivity contribution in [3.63, 3.8) is 0 Å². The second-order valence-corrected chi connectivity index (χ2v) is 2.70. The first-order chi connectivity index (χ1) is 6.79. The number of nitrogens with zero attached hydrogens (tertiary/aromatic N) is 1. The Morgan fingerprint density at radius 1 is 1.43 bits per heavy atom. The number of rotatable bonds is 4. The van der Waals surface area contributed by atoms with E-state index in [0.29, 0.717) is 17.9 Å².